The Balaban J connectivity index is 2.47. The van der Waals surface area contributed by atoms with Crippen LogP contribution in [-0.4, -0.2) is 13.7 Å². The molecule has 76 valence electrons. The van der Waals surface area contributed by atoms with Gasteiger partial charge in [0.15, 0.2) is 0 Å². The standard InChI is InChI=1S/C12H17NO/c1-4-10(2)9-13-11-5-7-12(14-3)8-6-11/h5-8,13H,2,4,9H2,1,3H3. The van der Waals surface area contributed by atoms with Crippen molar-refractivity contribution in [1.82, 2.24) is 0 Å². The lowest BCUT2D eigenvalue weighted by atomic mass is 10.2. The molecule has 0 amide bonds. The summed E-state index contributed by atoms with van der Waals surface area (Å²) in [5, 5.41) is 3.29. The minimum absolute atomic E-state index is 0.836. The highest BCUT2D eigenvalue weighted by Crippen LogP contribution is 2.15. The van der Waals surface area contributed by atoms with E-state index in [9.17, 15) is 0 Å². The topological polar surface area (TPSA) is 21.3 Å². The van der Waals surface area contributed by atoms with Crippen molar-refractivity contribution in [2.24, 2.45) is 0 Å². The van der Waals surface area contributed by atoms with E-state index in [1.807, 2.05) is 24.3 Å². The van der Waals surface area contributed by atoms with Crippen LogP contribution in [0, 0.1) is 0 Å². The van der Waals surface area contributed by atoms with Crippen molar-refractivity contribution in [2.45, 2.75) is 13.3 Å². The summed E-state index contributed by atoms with van der Waals surface area (Å²) in [5.74, 6) is 0.880. The molecule has 2 nitrogen and oxygen atoms in total. The molecular formula is C12H17NO. The fraction of sp³-hybridized carbons (Fsp3) is 0.333. The van der Waals surface area contributed by atoms with E-state index in [0.29, 0.717) is 0 Å². The molecule has 0 fully saturated rings. The maximum atomic E-state index is 5.07. The number of anilines is 1. The van der Waals surface area contributed by atoms with E-state index in [2.05, 4.69) is 18.8 Å². The summed E-state index contributed by atoms with van der Waals surface area (Å²) in [6.45, 7) is 6.88. The van der Waals surface area contributed by atoms with Crippen LogP contribution in [0.25, 0.3) is 0 Å². The first kappa shape index (κ1) is 10.6. The minimum Gasteiger partial charge on any atom is -0.497 e. The van der Waals surface area contributed by atoms with Crippen LogP contribution in [-0.2, 0) is 0 Å². The van der Waals surface area contributed by atoms with Crippen LogP contribution in [0.4, 0.5) is 5.69 Å². The second-order valence-electron chi connectivity index (χ2n) is 3.19. The zero-order valence-corrected chi connectivity index (χ0v) is 8.84. The highest BCUT2D eigenvalue weighted by Gasteiger charge is 1.94. The third kappa shape index (κ3) is 3.13. The lowest BCUT2D eigenvalue weighted by molar-refractivity contribution is 0.415. The van der Waals surface area contributed by atoms with Gasteiger partial charge in [-0.1, -0.05) is 19.1 Å². The van der Waals surface area contributed by atoms with Gasteiger partial charge in [-0.15, -0.1) is 0 Å². The van der Waals surface area contributed by atoms with Crippen molar-refractivity contribution in [2.75, 3.05) is 19.0 Å². The molecule has 0 spiro atoms. The summed E-state index contributed by atoms with van der Waals surface area (Å²) >= 11 is 0. The molecule has 0 aliphatic carbocycles. The quantitative estimate of drug-likeness (QED) is 0.722. The molecule has 0 radical (unpaired) electrons. The van der Waals surface area contributed by atoms with Gasteiger partial charge in [-0.2, -0.15) is 0 Å². The van der Waals surface area contributed by atoms with Crippen LogP contribution in [0.5, 0.6) is 5.75 Å². The molecule has 0 saturated carbocycles. The molecule has 0 atom stereocenters. The molecule has 2 heteroatoms. The number of benzene rings is 1. The van der Waals surface area contributed by atoms with Crippen molar-refractivity contribution >= 4 is 5.69 Å². The number of rotatable bonds is 5. The Morgan fingerprint density at radius 1 is 1.36 bits per heavy atom. The lowest BCUT2D eigenvalue weighted by Crippen LogP contribution is -2.02. The first-order chi connectivity index (χ1) is 6.76. The van der Waals surface area contributed by atoms with Gasteiger partial charge in [0.05, 0.1) is 7.11 Å². The van der Waals surface area contributed by atoms with Crippen molar-refractivity contribution in [3.05, 3.63) is 36.4 Å². The summed E-state index contributed by atoms with van der Waals surface area (Å²) in [5.41, 5.74) is 2.31. The van der Waals surface area contributed by atoms with E-state index in [-0.39, 0.29) is 0 Å². The normalized spacial score (nSPS) is 9.57. The summed E-state index contributed by atoms with van der Waals surface area (Å²) in [6.07, 6.45) is 1.02. The van der Waals surface area contributed by atoms with Crippen LogP contribution < -0.4 is 10.1 Å². The highest BCUT2D eigenvalue weighted by molar-refractivity contribution is 5.47. The first-order valence-electron chi connectivity index (χ1n) is 4.81. The molecule has 1 rings (SSSR count). The zero-order chi connectivity index (χ0) is 10.4. The molecule has 0 heterocycles. The number of nitrogens with one attached hydrogen (secondary N) is 1. The number of methoxy groups -OCH3 is 1. The number of hydrogen-bond acceptors (Lipinski definition) is 2. The molecule has 0 aromatic heterocycles. The summed E-state index contributed by atoms with van der Waals surface area (Å²) < 4.78 is 5.07. The van der Waals surface area contributed by atoms with Gasteiger partial charge in [0.2, 0.25) is 0 Å². The Morgan fingerprint density at radius 3 is 2.50 bits per heavy atom. The van der Waals surface area contributed by atoms with Crippen molar-refractivity contribution < 1.29 is 4.74 Å². The molecule has 1 N–H and O–H groups in total. The van der Waals surface area contributed by atoms with Gasteiger partial charge in [-0.3, -0.25) is 0 Å². The van der Waals surface area contributed by atoms with Gasteiger partial charge in [0.1, 0.15) is 5.75 Å². The maximum absolute atomic E-state index is 5.07. The molecule has 0 saturated heterocycles. The monoisotopic (exact) mass is 191 g/mol. The predicted octanol–water partition coefficient (Wildman–Crippen LogP) is 3.07. The SMILES string of the molecule is C=C(CC)CNc1ccc(OC)cc1. The smallest absolute Gasteiger partial charge is 0.119 e. The van der Waals surface area contributed by atoms with E-state index in [0.717, 1.165) is 24.4 Å². The summed E-state index contributed by atoms with van der Waals surface area (Å²) in [4.78, 5) is 0. The minimum atomic E-state index is 0.836. The van der Waals surface area contributed by atoms with Gasteiger partial charge in [0.25, 0.3) is 0 Å². The number of hydrogen-bond donors (Lipinski definition) is 1. The van der Waals surface area contributed by atoms with E-state index in [1.165, 1.54) is 5.57 Å². The Kier molecular flexibility index (Phi) is 4.05. The maximum Gasteiger partial charge on any atom is 0.119 e. The Hall–Kier alpha value is -1.44. The summed E-state index contributed by atoms with van der Waals surface area (Å²) in [6, 6.07) is 7.89. The molecular weight excluding hydrogens is 174 g/mol. The van der Waals surface area contributed by atoms with E-state index >= 15 is 0 Å². The van der Waals surface area contributed by atoms with E-state index in [1.54, 1.807) is 7.11 Å². The van der Waals surface area contributed by atoms with Gasteiger partial charge in [0, 0.05) is 12.2 Å². The van der Waals surface area contributed by atoms with Gasteiger partial charge >= 0.3 is 0 Å². The van der Waals surface area contributed by atoms with Crippen LogP contribution in [0.2, 0.25) is 0 Å². The average molecular weight is 191 g/mol. The van der Waals surface area contributed by atoms with Crippen molar-refractivity contribution in [1.29, 1.82) is 0 Å². The van der Waals surface area contributed by atoms with E-state index < -0.39 is 0 Å². The number of ether oxygens (including phenoxy) is 1. The van der Waals surface area contributed by atoms with Crippen molar-refractivity contribution in [3.63, 3.8) is 0 Å². The molecule has 14 heavy (non-hydrogen) atoms. The van der Waals surface area contributed by atoms with Gasteiger partial charge < -0.3 is 10.1 Å². The van der Waals surface area contributed by atoms with Crippen LogP contribution in [0.3, 0.4) is 0 Å². The molecule has 0 aliphatic rings. The molecule has 1 aromatic rings. The third-order valence-electron chi connectivity index (χ3n) is 2.13. The molecule has 0 unspecified atom stereocenters. The first-order valence-corrected chi connectivity index (χ1v) is 4.81. The lowest BCUT2D eigenvalue weighted by Gasteiger charge is -2.07. The second-order valence-corrected chi connectivity index (χ2v) is 3.19. The third-order valence-corrected chi connectivity index (χ3v) is 2.13. The largest absolute Gasteiger partial charge is 0.497 e. The highest BCUT2D eigenvalue weighted by atomic mass is 16.5. The average Bonchev–Trinajstić information content (AvgIpc) is 2.26. The van der Waals surface area contributed by atoms with Crippen LogP contribution in [0.1, 0.15) is 13.3 Å². The zero-order valence-electron chi connectivity index (χ0n) is 8.84. The molecule has 0 bridgehead atoms. The summed E-state index contributed by atoms with van der Waals surface area (Å²) in [7, 11) is 1.67. The predicted molar refractivity (Wildman–Crippen MR) is 60.9 cm³/mol. The van der Waals surface area contributed by atoms with Crippen LogP contribution in [0.15, 0.2) is 36.4 Å². The fourth-order valence-corrected chi connectivity index (χ4v) is 1.06. The Labute approximate surface area is 85.6 Å². The van der Waals surface area contributed by atoms with E-state index in [4.69, 9.17) is 4.74 Å². The molecule has 1 aromatic carbocycles. The second kappa shape index (κ2) is 5.32. The molecule has 0 aliphatic heterocycles. The van der Waals surface area contributed by atoms with Crippen LogP contribution >= 0.6 is 0 Å². The Morgan fingerprint density at radius 2 is 2.00 bits per heavy atom. The van der Waals surface area contributed by atoms with Crippen molar-refractivity contribution in [3.8, 4) is 5.75 Å². The fourth-order valence-electron chi connectivity index (χ4n) is 1.06. The van der Waals surface area contributed by atoms with Gasteiger partial charge in [-0.05, 0) is 30.7 Å². The van der Waals surface area contributed by atoms with Gasteiger partial charge in [-0.25, -0.2) is 0 Å². The Bertz CT molecular complexity index is 290.